The first kappa shape index (κ1) is 27.5. The second kappa shape index (κ2) is 9.35. The third-order valence-corrected chi connectivity index (χ3v) is 7.28. The minimum atomic E-state index is -3.81. The van der Waals surface area contributed by atoms with Gasteiger partial charge in [-0.05, 0) is 52.8 Å². The highest BCUT2D eigenvalue weighted by molar-refractivity contribution is 14.1. The summed E-state index contributed by atoms with van der Waals surface area (Å²) in [6.07, 6.45) is 0. The largest absolute Gasteiger partial charge is 0.384 e. The van der Waals surface area contributed by atoms with E-state index in [2.05, 4.69) is 15.5 Å². The van der Waals surface area contributed by atoms with Crippen LogP contribution in [0.15, 0.2) is 30.3 Å². The molecule has 0 saturated carbocycles. The lowest BCUT2D eigenvalue weighted by Gasteiger charge is -2.30. The quantitative estimate of drug-likeness (QED) is 0.258. The van der Waals surface area contributed by atoms with Gasteiger partial charge in [0.1, 0.15) is 11.4 Å². The van der Waals surface area contributed by atoms with Gasteiger partial charge in [-0.1, -0.05) is 34.7 Å². The summed E-state index contributed by atoms with van der Waals surface area (Å²) < 4.78 is 51.1. The highest BCUT2D eigenvalue weighted by Crippen LogP contribution is 2.46. The molecule has 0 spiro atoms. The van der Waals surface area contributed by atoms with E-state index in [1.54, 1.807) is 33.9 Å². The Morgan fingerprint density at radius 1 is 1.24 bits per heavy atom. The first-order valence-electron chi connectivity index (χ1n) is 11.6. The van der Waals surface area contributed by atoms with Gasteiger partial charge in [0.25, 0.3) is 5.91 Å². The normalized spacial score (nSPS) is 18.9. The van der Waals surface area contributed by atoms with Gasteiger partial charge in [0.2, 0.25) is 0 Å². The van der Waals surface area contributed by atoms with E-state index in [0.29, 0.717) is 32.8 Å². The highest BCUT2D eigenvalue weighted by atomic mass is 127. The van der Waals surface area contributed by atoms with Crippen LogP contribution in [0.3, 0.4) is 0 Å². The van der Waals surface area contributed by atoms with Crippen molar-refractivity contribution in [3.63, 3.8) is 0 Å². The molecule has 2 atom stereocenters. The van der Waals surface area contributed by atoms with Crippen LogP contribution in [-0.2, 0) is 21.1 Å². The van der Waals surface area contributed by atoms with Crippen LogP contribution >= 0.6 is 22.6 Å². The number of hydrogen-bond acceptors (Lipinski definition) is 6. The van der Waals surface area contributed by atoms with Gasteiger partial charge < -0.3 is 20.1 Å². The molecule has 7 nitrogen and oxygen atoms in total. The maximum absolute atomic E-state index is 15.3. The van der Waals surface area contributed by atoms with Crippen LogP contribution in [0.2, 0.25) is 0 Å². The van der Waals surface area contributed by atoms with Crippen LogP contribution in [-0.4, -0.2) is 38.5 Å². The topological polar surface area (TPSA) is 87.6 Å². The monoisotopic (exact) mass is 628 g/mol. The fourth-order valence-electron chi connectivity index (χ4n) is 4.61. The molecule has 1 aliphatic rings. The summed E-state index contributed by atoms with van der Waals surface area (Å²) in [5.74, 6) is -4.83. The number of alkyl halides is 3. The van der Waals surface area contributed by atoms with Gasteiger partial charge in [0.15, 0.2) is 11.4 Å². The number of likely N-dealkylation sites (N-methyl/N-ethyl adjacent to an activating group) is 1. The number of amides is 1. The number of aryl methyl sites for hydroxylation is 1. The number of carbonyl (C=O) groups is 1. The Labute approximate surface area is 226 Å². The standard InChI is InChI=1S/C26H28F3IN4O3/c1-13(15-8-7-9-18(21(15)27)26(28,29)24(3,4)36)31-22-17-11-20-19(10-16(17)14(2)32-33-22)25(5,37-12-30)23(35)34(20)6/h7-11,13,36H,12H2,1-6H3,(H,31,33)/t13-,25?/m1/s1. The third-order valence-electron chi connectivity index (χ3n) is 6.97. The SMILES string of the molecule is Cc1nnc(N[C@H](C)c2cccc(C(F)(F)C(C)(C)O)c2F)c2cc3c(cc12)C(C)(OCI)C(=O)N3C. The summed E-state index contributed by atoms with van der Waals surface area (Å²) in [6.45, 7) is 7.00. The summed E-state index contributed by atoms with van der Waals surface area (Å²) in [6, 6.07) is 6.57. The maximum atomic E-state index is 15.3. The minimum absolute atomic E-state index is 0.0200. The Kier molecular flexibility index (Phi) is 6.95. The van der Waals surface area contributed by atoms with Crippen LogP contribution in [0.1, 0.15) is 56.1 Å². The fourth-order valence-corrected chi connectivity index (χ4v) is 5.24. The van der Waals surface area contributed by atoms with Crippen LogP contribution in [0.25, 0.3) is 10.8 Å². The summed E-state index contributed by atoms with van der Waals surface area (Å²) in [5.41, 5.74) is -2.55. The van der Waals surface area contributed by atoms with Crippen molar-refractivity contribution in [3.8, 4) is 0 Å². The Bertz CT molecular complexity index is 1400. The van der Waals surface area contributed by atoms with E-state index in [1.165, 1.54) is 17.0 Å². The van der Waals surface area contributed by atoms with Gasteiger partial charge in [0, 0.05) is 28.9 Å². The number of ether oxygens (including phenoxy) is 1. The summed E-state index contributed by atoms with van der Waals surface area (Å²) in [4.78, 5) is 14.6. The number of aliphatic hydroxyl groups is 1. The molecular formula is C26H28F3IN4O3. The van der Waals surface area contributed by atoms with Crippen LogP contribution in [0.4, 0.5) is 24.7 Å². The molecular weight excluding hydrogens is 600 g/mol. The first-order chi connectivity index (χ1) is 17.1. The second-order valence-corrected chi connectivity index (χ2v) is 10.5. The van der Waals surface area contributed by atoms with Crippen molar-refractivity contribution in [3.05, 3.63) is 58.5 Å². The number of anilines is 2. The average Bonchev–Trinajstić information content (AvgIpc) is 3.00. The van der Waals surface area contributed by atoms with Gasteiger partial charge in [-0.3, -0.25) is 4.79 Å². The second-order valence-electron chi connectivity index (χ2n) is 9.91. The zero-order valence-corrected chi connectivity index (χ0v) is 23.4. The van der Waals surface area contributed by atoms with Crippen molar-refractivity contribution in [1.29, 1.82) is 0 Å². The number of halogens is 4. The molecule has 2 heterocycles. The average molecular weight is 628 g/mol. The molecule has 0 bridgehead atoms. The van der Waals surface area contributed by atoms with Gasteiger partial charge >= 0.3 is 5.92 Å². The van der Waals surface area contributed by atoms with E-state index in [4.69, 9.17) is 4.74 Å². The summed E-state index contributed by atoms with van der Waals surface area (Å²) in [5, 5.41) is 22.8. The summed E-state index contributed by atoms with van der Waals surface area (Å²) in [7, 11) is 1.66. The fraction of sp³-hybridized carbons (Fsp3) is 0.423. The molecule has 0 radical (unpaired) electrons. The summed E-state index contributed by atoms with van der Waals surface area (Å²) >= 11 is 2.05. The van der Waals surface area contributed by atoms with Crippen LogP contribution in [0.5, 0.6) is 0 Å². The lowest BCUT2D eigenvalue weighted by molar-refractivity contribution is -0.170. The smallest absolute Gasteiger partial charge is 0.303 e. The highest BCUT2D eigenvalue weighted by Gasteiger charge is 2.49. The van der Waals surface area contributed by atoms with Crippen molar-refractivity contribution in [1.82, 2.24) is 10.2 Å². The van der Waals surface area contributed by atoms with Crippen molar-refractivity contribution < 1.29 is 27.8 Å². The van der Waals surface area contributed by atoms with E-state index in [9.17, 15) is 18.7 Å². The number of nitrogens with zero attached hydrogens (tertiary/aromatic N) is 3. The Morgan fingerprint density at radius 2 is 1.92 bits per heavy atom. The molecule has 2 N–H and O–H groups in total. The number of hydrogen-bond donors (Lipinski definition) is 2. The number of rotatable bonds is 7. The van der Waals surface area contributed by atoms with Crippen molar-refractivity contribution in [2.75, 3.05) is 21.9 Å². The molecule has 37 heavy (non-hydrogen) atoms. The Hall–Kier alpha value is -2.51. The van der Waals surface area contributed by atoms with Crippen LogP contribution in [0, 0.1) is 12.7 Å². The van der Waals surface area contributed by atoms with Gasteiger partial charge in [0.05, 0.1) is 27.6 Å². The van der Waals surface area contributed by atoms with E-state index < -0.39 is 34.5 Å². The van der Waals surface area contributed by atoms with E-state index in [-0.39, 0.29) is 11.5 Å². The molecule has 0 aliphatic carbocycles. The van der Waals surface area contributed by atoms with Crippen molar-refractivity contribution in [2.24, 2.45) is 0 Å². The molecule has 0 fully saturated rings. The zero-order valence-electron chi connectivity index (χ0n) is 21.3. The van der Waals surface area contributed by atoms with Gasteiger partial charge in [-0.2, -0.15) is 13.9 Å². The number of fused-ring (bicyclic) bond motifs is 2. The number of benzene rings is 2. The Balaban J connectivity index is 1.79. The van der Waals surface area contributed by atoms with E-state index in [0.717, 1.165) is 25.3 Å². The number of carbonyl (C=O) groups excluding carboxylic acids is 1. The molecule has 1 unspecified atom stereocenters. The number of aromatic nitrogens is 2. The van der Waals surface area contributed by atoms with Crippen molar-refractivity contribution in [2.45, 2.75) is 57.8 Å². The zero-order chi connectivity index (χ0) is 27.5. The predicted molar refractivity (Wildman–Crippen MR) is 144 cm³/mol. The molecule has 1 aromatic heterocycles. The molecule has 1 amide bonds. The minimum Gasteiger partial charge on any atom is -0.384 e. The lowest BCUT2D eigenvalue weighted by atomic mass is 9.91. The predicted octanol–water partition coefficient (Wildman–Crippen LogP) is 5.71. The molecule has 3 aromatic rings. The van der Waals surface area contributed by atoms with Crippen molar-refractivity contribution >= 4 is 50.8 Å². The molecule has 1 aliphatic heterocycles. The van der Waals surface area contributed by atoms with E-state index in [1.807, 2.05) is 28.7 Å². The molecule has 198 valence electrons. The molecule has 4 rings (SSSR count). The maximum Gasteiger partial charge on any atom is 0.303 e. The molecule has 0 saturated heterocycles. The first-order valence-corrected chi connectivity index (χ1v) is 13.1. The number of nitrogens with one attached hydrogen (secondary N) is 1. The molecule has 11 heteroatoms. The molecule has 2 aromatic carbocycles. The Morgan fingerprint density at radius 3 is 2.54 bits per heavy atom. The van der Waals surface area contributed by atoms with Crippen LogP contribution < -0.4 is 10.2 Å². The third kappa shape index (κ3) is 4.34. The lowest BCUT2D eigenvalue weighted by Crippen LogP contribution is -2.41. The van der Waals surface area contributed by atoms with Gasteiger partial charge in [-0.25, -0.2) is 4.39 Å². The van der Waals surface area contributed by atoms with E-state index >= 15 is 4.39 Å². The van der Waals surface area contributed by atoms with Gasteiger partial charge in [-0.15, -0.1) is 5.10 Å².